The van der Waals surface area contributed by atoms with Crippen molar-refractivity contribution in [1.82, 2.24) is 29.8 Å². The van der Waals surface area contributed by atoms with Crippen LogP contribution in [0.25, 0.3) is 17.2 Å². The second-order valence-corrected chi connectivity index (χ2v) is 6.80. The van der Waals surface area contributed by atoms with Gasteiger partial charge < -0.3 is 14.6 Å². The van der Waals surface area contributed by atoms with Crippen molar-refractivity contribution in [1.29, 1.82) is 0 Å². The van der Waals surface area contributed by atoms with Gasteiger partial charge in [0.25, 0.3) is 5.56 Å². The van der Waals surface area contributed by atoms with E-state index in [-0.39, 0.29) is 23.8 Å². The molecule has 0 bridgehead atoms. The Labute approximate surface area is 185 Å². The van der Waals surface area contributed by atoms with Crippen LogP contribution in [0.2, 0.25) is 0 Å². The lowest BCUT2D eigenvalue weighted by molar-refractivity contribution is 0.0906. The zero-order valence-corrected chi connectivity index (χ0v) is 17.5. The zero-order chi connectivity index (χ0) is 23.5. The number of hydrogen-bond acceptors (Lipinski definition) is 8. The number of nitrogens with zero attached hydrogens (tertiary/aromatic N) is 5. The lowest BCUT2D eigenvalue weighted by Crippen LogP contribution is -2.40. The van der Waals surface area contributed by atoms with E-state index >= 15 is 0 Å². The van der Waals surface area contributed by atoms with Crippen LogP contribution in [-0.4, -0.2) is 37.5 Å². The molecule has 12 heteroatoms. The van der Waals surface area contributed by atoms with E-state index < -0.39 is 28.9 Å². The highest BCUT2D eigenvalue weighted by atomic mass is 19.1. The predicted octanol–water partition coefficient (Wildman–Crippen LogP) is 1.06. The minimum absolute atomic E-state index is 0.135. The summed E-state index contributed by atoms with van der Waals surface area (Å²) in [5.74, 6) is -1.26. The molecule has 168 valence electrons. The monoisotopic (exact) mass is 452 g/mol. The minimum Gasteiger partial charge on any atom is -0.496 e. The fraction of sp³-hybridized carbons (Fsp3) is 0.143. The van der Waals surface area contributed by atoms with Crippen molar-refractivity contribution >= 4 is 5.91 Å². The zero-order valence-electron chi connectivity index (χ0n) is 17.5. The van der Waals surface area contributed by atoms with Gasteiger partial charge in [0, 0.05) is 19.2 Å². The smallest absolute Gasteiger partial charge is 0.351 e. The summed E-state index contributed by atoms with van der Waals surface area (Å²) in [5.41, 5.74) is -0.922. The lowest BCUT2D eigenvalue weighted by atomic mass is 10.2. The predicted molar refractivity (Wildman–Crippen MR) is 112 cm³/mol. The van der Waals surface area contributed by atoms with Gasteiger partial charge in [0.15, 0.2) is 5.69 Å². The third kappa shape index (κ3) is 4.26. The number of aromatic nitrogens is 5. The highest BCUT2D eigenvalue weighted by Crippen LogP contribution is 2.17. The summed E-state index contributed by atoms with van der Waals surface area (Å²) in [5, 5.41) is 10.3. The Kier molecular flexibility index (Phi) is 5.81. The summed E-state index contributed by atoms with van der Waals surface area (Å²) in [7, 11) is 2.76. The van der Waals surface area contributed by atoms with E-state index in [1.54, 1.807) is 24.3 Å². The first-order valence-corrected chi connectivity index (χ1v) is 9.59. The number of para-hydroxylation sites is 1. The third-order valence-corrected chi connectivity index (χ3v) is 4.71. The second-order valence-electron chi connectivity index (χ2n) is 6.80. The SMILES string of the molecule is COc1ccccc1CNC(=O)c1nc(-c2nn(-c3ccc(F)cc3)c(=O)n(C)c2=O)no1. The van der Waals surface area contributed by atoms with E-state index in [4.69, 9.17) is 9.26 Å². The number of halogens is 1. The molecule has 0 aliphatic heterocycles. The van der Waals surface area contributed by atoms with Crippen LogP contribution >= 0.6 is 0 Å². The van der Waals surface area contributed by atoms with Crippen molar-refractivity contribution in [2.45, 2.75) is 6.54 Å². The van der Waals surface area contributed by atoms with Gasteiger partial charge in [-0.3, -0.25) is 14.2 Å². The number of hydrogen-bond donors (Lipinski definition) is 1. The first kappa shape index (κ1) is 21.6. The molecule has 0 spiro atoms. The number of benzene rings is 2. The van der Waals surface area contributed by atoms with Gasteiger partial charge >= 0.3 is 17.5 Å². The van der Waals surface area contributed by atoms with E-state index in [1.165, 1.54) is 26.3 Å². The average Bonchev–Trinajstić information content (AvgIpc) is 3.32. The van der Waals surface area contributed by atoms with Crippen molar-refractivity contribution in [2.24, 2.45) is 7.05 Å². The van der Waals surface area contributed by atoms with E-state index in [2.05, 4.69) is 20.6 Å². The number of nitrogens with one attached hydrogen (secondary N) is 1. The maximum Gasteiger partial charge on any atom is 0.351 e. The molecule has 0 radical (unpaired) electrons. The highest BCUT2D eigenvalue weighted by Gasteiger charge is 2.22. The molecule has 2 aromatic heterocycles. The molecule has 0 aliphatic carbocycles. The molecule has 0 aliphatic rings. The molecule has 0 saturated carbocycles. The quantitative estimate of drug-likeness (QED) is 0.459. The van der Waals surface area contributed by atoms with Crippen LogP contribution in [-0.2, 0) is 13.6 Å². The molecular formula is C21H17FN6O5. The summed E-state index contributed by atoms with van der Waals surface area (Å²) in [6.07, 6.45) is 0. The number of methoxy groups -OCH3 is 1. The normalized spacial score (nSPS) is 10.8. The van der Waals surface area contributed by atoms with Gasteiger partial charge in [0.05, 0.1) is 12.8 Å². The summed E-state index contributed by atoms with van der Waals surface area (Å²) >= 11 is 0. The van der Waals surface area contributed by atoms with Gasteiger partial charge in [-0.25, -0.2) is 9.18 Å². The number of rotatable bonds is 6. The van der Waals surface area contributed by atoms with E-state index in [0.717, 1.165) is 26.9 Å². The Morgan fingerprint density at radius 2 is 1.88 bits per heavy atom. The van der Waals surface area contributed by atoms with Gasteiger partial charge in [-0.1, -0.05) is 23.4 Å². The molecule has 2 aromatic carbocycles. The van der Waals surface area contributed by atoms with Gasteiger partial charge in [0.2, 0.25) is 5.82 Å². The molecule has 1 N–H and O–H groups in total. The molecule has 0 unspecified atom stereocenters. The Morgan fingerprint density at radius 1 is 1.15 bits per heavy atom. The maximum atomic E-state index is 13.2. The molecule has 1 amide bonds. The standard InChI is InChI=1S/C21H17FN6O5/c1-27-20(30)16(25-28(21(27)31)14-9-7-13(22)8-10-14)17-24-19(33-26-17)18(29)23-11-12-5-3-4-6-15(12)32-2/h3-10H,11H2,1-2H3,(H,23,29). The molecule has 11 nitrogen and oxygen atoms in total. The molecule has 2 heterocycles. The first-order chi connectivity index (χ1) is 15.9. The molecule has 4 rings (SSSR count). The van der Waals surface area contributed by atoms with Crippen molar-refractivity contribution in [3.05, 3.63) is 86.6 Å². The highest BCUT2D eigenvalue weighted by molar-refractivity contribution is 5.89. The van der Waals surface area contributed by atoms with Crippen LogP contribution < -0.4 is 21.3 Å². The number of amides is 1. The van der Waals surface area contributed by atoms with Crippen molar-refractivity contribution < 1.29 is 18.4 Å². The van der Waals surface area contributed by atoms with Crippen LogP contribution in [0.5, 0.6) is 5.75 Å². The van der Waals surface area contributed by atoms with Crippen LogP contribution in [0.3, 0.4) is 0 Å². The Morgan fingerprint density at radius 3 is 2.61 bits per heavy atom. The topological polar surface area (TPSA) is 134 Å². The second kappa shape index (κ2) is 8.86. The maximum absolute atomic E-state index is 13.2. The molecule has 0 atom stereocenters. The molecule has 0 fully saturated rings. The molecular weight excluding hydrogens is 435 g/mol. The van der Waals surface area contributed by atoms with E-state index in [1.807, 2.05) is 0 Å². The minimum atomic E-state index is -0.792. The van der Waals surface area contributed by atoms with Gasteiger partial charge in [0.1, 0.15) is 11.6 Å². The summed E-state index contributed by atoms with van der Waals surface area (Å²) in [6, 6.07) is 12.1. The summed E-state index contributed by atoms with van der Waals surface area (Å²) < 4.78 is 25.2. The van der Waals surface area contributed by atoms with Gasteiger partial charge in [-0.05, 0) is 30.3 Å². The number of ether oxygens (including phenoxy) is 1. The number of carbonyl (C=O) groups excluding carboxylic acids is 1. The first-order valence-electron chi connectivity index (χ1n) is 9.59. The Balaban J connectivity index is 1.63. The van der Waals surface area contributed by atoms with Gasteiger partial charge in [-0.2, -0.15) is 14.8 Å². The van der Waals surface area contributed by atoms with Crippen molar-refractivity contribution in [3.63, 3.8) is 0 Å². The number of carbonyl (C=O) groups is 1. The van der Waals surface area contributed by atoms with Crippen LogP contribution in [0.1, 0.15) is 16.2 Å². The molecule has 33 heavy (non-hydrogen) atoms. The van der Waals surface area contributed by atoms with Crippen LogP contribution in [0.15, 0.2) is 62.6 Å². The summed E-state index contributed by atoms with van der Waals surface area (Å²) in [6.45, 7) is 0.135. The Hall–Kier alpha value is -4.61. The van der Waals surface area contributed by atoms with Crippen LogP contribution in [0, 0.1) is 5.82 Å². The van der Waals surface area contributed by atoms with E-state index in [0.29, 0.717) is 5.75 Å². The average molecular weight is 452 g/mol. The third-order valence-electron chi connectivity index (χ3n) is 4.71. The van der Waals surface area contributed by atoms with Crippen molar-refractivity contribution in [2.75, 3.05) is 7.11 Å². The largest absolute Gasteiger partial charge is 0.496 e. The van der Waals surface area contributed by atoms with E-state index in [9.17, 15) is 18.8 Å². The lowest BCUT2D eigenvalue weighted by Gasteiger charge is -2.08. The molecule has 4 aromatic rings. The van der Waals surface area contributed by atoms with Crippen molar-refractivity contribution in [3.8, 4) is 23.0 Å². The van der Waals surface area contributed by atoms with Gasteiger partial charge in [-0.15, -0.1) is 0 Å². The summed E-state index contributed by atoms with van der Waals surface area (Å²) in [4.78, 5) is 41.4. The fourth-order valence-electron chi connectivity index (χ4n) is 2.98. The molecule has 0 saturated heterocycles. The van der Waals surface area contributed by atoms with Crippen LogP contribution in [0.4, 0.5) is 4.39 Å². The fourth-order valence-corrected chi connectivity index (χ4v) is 2.98. The Bertz CT molecular complexity index is 1440.